The van der Waals surface area contributed by atoms with E-state index in [1.807, 2.05) is 13.8 Å². The smallest absolute Gasteiger partial charge is 0.244 e. The van der Waals surface area contributed by atoms with E-state index < -0.39 is 10.0 Å². The minimum absolute atomic E-state index is 0. The normalized spacial score (nSPS) is 26.0. The van der Waals surface area contributed by atoms with E-state index in [2.05, 4.69) is 10.5 Å². The topological polar surface area (TPSA) is 95.7 Å². The van der Waals surface area contributed by atoms with Crippen LogP contribution in [0.25, 0.3) is 10.6 Å². The summed E-state index contributed by atoms with van der Waals surface area (Å²) in [5, 5.41) is 16.9. The van der Waals surface area contributed by atoms with Crippen molar-refractivity contribution in [3.63, 3.8) is 0 Å². The molecule has 2 unspecified atom stereocenters. The van der Waals surface area contributed by atoms with Crippen molar-refractivity contribution in [2.75, 3.05) is 32.8 Å². The number of thiophene rings is 1. The number of aryl methyl sites for hydroxylation is 2. The molecule has 4 heterocycles. The molecule has 2 aliphatic rings. The van der Waals surface area contributed by atoms with Crippen molar-refractivity contribution in [3.8, 4) is 10.6 Å². The van der Waals surface area contributed by atoms with Crippen LogP contribution in [0, 0.1) is 25.2 Å². The van der Waals surface area contributed by atoms with Gasteiger partial charge in [0.1, 0.15) is 0 Å². The first kappa shape index (κ1) is 19.8. The van der Waals surface area contributed by atoms with Gasteiger partial charge in [-0.1, -0.05) is 5.16 Å². The number of rotatable bonds is 4. The lowest BCUT2D eigenvalue weighted by molar-refractivity contribution is 0.130. The molecule has 2 N–H and O–H groups in total. The third-order valence-corrected chi connectivity index (χ3v) is 8.46. The SMILES string of the molecule is Cc1cc(-c2cc(S(=O)(=O)N3CC4CNCC4(CO)C3)c(C)s2)on1.Cl. The second-order valence-corrected chi connectivity index (χ2v) is 10.2. The highest BCUT2D eigenvalue weighted by Crippen LogP contribution is 2.42. The highest BCUT2D eigenvalue weighted by molar-refractivity contribution is 7.89. The zero-order valence-electron chi connectivity index (χ0n) is 14.6. The highest BCUT2D eigenvalue weighted by Gasteiger charge is 2.52. The molecule has 4 rings (SSSR count). The number of fused-ring (bicyclic) bond motifs is 1. The number of hydrogen-bond acceptors (Lipinski definition) is 7. The second-order valence-electron chi connectivity index (χ2n) is 7.01. The molecule has 2 fully saturated rings. The van der Waals surface area contributed by atoms with Gasteiger partial charge in [0.25, 0.3) is 0 Å². The van der Waals surface area contributed by atoms with E-state index in [0.717, 1.165) is 22.0 Å². The van der Waals surface area contributed by atoms with Gasteiger partial charge in [0.05, 0.1) is 22.1 Å². The van der Waals surface area contributed by atoms with Gasteiger partial charge >= 0.3 is 0 Å². The molecule has 26 heavy (non-hydrogen) atoms. The summed E-state index contributed by atoms with van der Waals surface area (Å²) >= 11 is 1.39. The van der Waals surface area contributed by atoms with Crippen LogP contribution in [0.4, 0.5) is 0 Å². The van der Waals surface area contributed by atoms with Gasteiger partial charge in [-0.15, -0.1) is 23.7 Å². The number of halogens is 1. The molecule has 2 aromatic rings. The summed E-state index contributed by atoms with van der Waals surface area (Å²) in [5.41, 5.74) is 0.400. The second kappa shape index (κ2) is 6.88. The van der Waals surface area contributed by atoms with E-state index in [4.69, 9.17) is 4.52 Å². The Morgan fingerprint density at radius 1 is 1.46 bits per heavy atom. The van der Waals surface area contributed by atoms with Crippen LogP contribution in [0.3, 0.4) is 0 Å². The minimum Gasteiger partial charge on any atom is -0.396 e. The highest BCUT2D eigenvalue weighted by atomic mass is 35.5. The lowest BCUT2D eigenvalue weighted by atomic mass is 9.82. The molecule has 0 spiro atoms. The van der Waals surface area contributed by atoms with Crippen LogP contribution in [0.2, 0.25) is 0 Å². The molecule has 0 aromatic carbocycles. The first-order valence-corrected chi connectivity index (χ1v) is 10.5. The maximum Gasteiger partial charge on any atom is 0.244 e. The van der Waals surface area contributed by atoms with Gasteiger partial charge in [0.2, 0.25) is 10.0 Å². The fourth-order valence-electron chi connectivity index (χ4n) is 3.84. The quantitative estimate of drug-likeness (QED) is 0.782. The van der Waals surface area contributed by atoms with Crippen molar-refractivity contribution in [2.24, 2.45) is 11.3 Å². The van der Waals surface area contributed by atoms with Crippen molar-refractivity contribution >= 4 is 33.8 Å². The molecule has 0 radical (unpaired) electrons. The van der Waals surface area contributed by atoms with Gasteiger partial charge in [-0.2, -0.15) is 4.31 Å². The first-order valence-electron chi connectivity index (χ1n) is 8.21. The Kier molecular flexibility index (Phi) is 5.24. The largest absolute Gasteiger partial charge is 0.396 e. The number of aliphatic hydroxyl groups excluding tert-OH is 1. The zero-order chi connectivity index (χ0) is 17.8. The van der Waals surface area contributed by atoms with Crippen molar-refractivity contribution < 1.29 is 18.0 Å². The Labute approximate surface area is 162 Å². The summed E-state index contributed by atoms with van der Waals surface area (Å²) in [6.45, 7) is 5.85. The number of aromatic nitrogens is 1. The summed E-state index contributed by atoms with van der Waals surface area (Å²) in [4.78, 5) is 1.81. The molecule has 10 heteroatoms. The molecule has 144 valence electrons. The Balaban J connectivity index is 0.00000196. The van der Waals surface area contributed by atoms with Gasteiger partial charge in [-0.25, -0.2) is 8.42 Å². The van der Waals surface area contributed by atoms with Gasteiger partial charge < -0.3 is 14.9 Å². The van der Waals surface area contributed by atoms with E-state index >= 15 is 0 Å². The third-order valence-electron chi connectivity index (χ3n) is 5.32. The van der Waals surface area contributed by atoms with Gasteiger partial charge in [0.15, 0.2) is 5.76 Å². The van der Waals surface area contributed by atoms with Crippen molar-refractivity contribution in [3.05, 3.63) is 22.7 Å². The van der Waals surface area contributed by atoms with Crippen LogP contribution < -0.4 is 5.32 Å². The van der Waals surface area contributed by atoms with Crippen molar-refractivity contribution in [2.45, 2.75) is 18.7 Å². The fraction of sp³-hybridized carbons (Fsp3) is 0.562. The predicted molar refractivity (Wildman–Crippen MR) is 101 cm³/mol. The molecule has 2 saturated heterocycles. The molecular weight excluding hydrogens is 398 g/mol. The maximum absolute atomic E-state index is 13.2. The average molecular weight is 420 g/mol. The monoisotopic (exact) mass is 419 g/mol. The van der Waals surface area contributed by atoms with E-state index in [1.165, 1.54) is 15.6 Å². The Morgan fingerprint density at radius 2 is 2.23 bits per heavy atom. The Morgan fingerprint density at radius 3 is 2.85 bits per heavy atom. The maximum atomic E-state index is 13.2. The minimum atomic E-state index is -3.60. The standard InChI is InChI=1S/C16H21N3O4S2.ClH/c1-10-3-13(23-18-10)14-4-15(11(2)24-14)25(21,22)19-6-12-5-17-7-16(12,8-19)9-20;/h3-4,12,17,20H,5-9H2,1-2H3;1H. The molecule has 2 aromatic heterocycles. The van der Waals surface area contributed by atoms with Gasteiger partial charge in [-0.3, -0.25) is 0 Å². The average Bonchev–Trinajstić information content (AvgIpc) is 3.28. The summed E-state index contributed by atoms with van der Waals surface area (Å²) in [5.74, 6) is 0.740. The summed E-state index contributed by atoms with van der Waals surface area (Å²) in [7, 11) is -3.60. The van der Waals surface area contributed by atoms with Crippen LogP contribution >= 0.6 is 23.7 Å². The van der Waals surface area contributed by atoms with E-state index in [9.17, 15) is 13.5 Å². The molecule has 0 amide bonds. The lowest BCUT2D eigenvalue weighted by Crippen LogP contribution is -2.37. The number of nitrogens with one attached hydrogen (secondary N) is 1. The lowest BCUT2D eigenvalue weighted by Gasteiger charge is -2.25. The van der Waals surface area contributed by atoms with E-state index in [-0.39, 0.29) is 30.3 Å². The van der Waals surface area contributed by atoms with Crippen LogP contribution in [-0.2, 0) is 10.0 Å². The number of aliphatic hydroxyl groups is 1. The van der Waals surface area contributed by atoms with Crippen LogP contribution in [-0.4, -0.2) is 55.8 Å². The van der Waals surface area contributed by atoms with Crippen molar-refractivity contribution in [1.29, 1.82) is 0 Å². The predicted octanol–water partition coefficient (Wildman–Crippen LogP) is 1.64. The Hall–Kier alpha value is -0.970. The Bertz CT molecular complexity index is 910. The fourth-order valence-corrected chi connectivity index (χ4v) is 6.93. The summed E-state index contributed by atoms with van der Waals surface area (Å²) < 4.78 is 33.1. The van der Waals surface area contributed by atoms with Crippen molar-refractivity contribution in [1.82, 2.24) is 14.8 Å². The van der Waals surface area contributed by atoms with Crippen LogP contribution in [0.5, 0.6) is 0 Å². The summed E-state index contributed by atoms with van der Waals surface area (Å²) in [6.07, 6.45) is 0. The molecule has 0 saturated carbocycles. The van der Waals surface area contributed by atoms with Crippen LogP contribution in [0.15, 0.2) is 21.6 Å². The van der Waals surface area contributed by atoms with E-state index in [0.29, 0.717) is 30.3 Å². The number of nitrogens with zero attached hydrogens (tertiary/aromatic N) is 2. The molecule has 0 bridgehead atoms. The van der Waals surface area contributed by atoms with Gasteiger partial charge in [-0.05, 0) is 32.4 Å². The molecule has 0 aliphatic carbocycles. The summed E-state index contributed by atoms with van der Waals surface area (Å²) in [6, 6.07) is 3.47. The molecule has 2 atom stereocenters. The number of hydrogen-bond donors (Lipinski definition) is 2. The van der Waals surface area contributed by atoms with E-state index in [1.54, 1.807) is 12.1 Å². The zero-order valence-corrected chi connectivity index (χ0v) is 17.0. The third kappa shape index (κ3) is 3.00. The molecule has 7 nitrogen and oxygen atoms in total. The van der Waals surface area contributed by atoms with Crippen LogP contribution in [0.1, 0.15) is 10.6 Å². The molecular formula is C16H22ClN3O4S2. The van der Waals surface area contributed by atoms with Gasteiger partial charge in [0, 0.05) is 36.0 Å². The first-order chi connectivity index (χ1) is 11.9. The molecule has 2 aliphatic heterocycles. The number of sulfonamides is 1.